The molecule has 106 valence electrons. The summed E-state index contributed by atoms with van der Waals surface area (Å²) in [7, 11) is 1.55. The largest absolute Gasteiger partial charge is 0.496 e. The van der Waals surface area contributed by atoms with E-state index in [1.54, 1.807) is 32.2 Å². The van der Waals surface area contributed by atoms with E-state index in [2.05, 4.69) is 0 Å². The SMILES string of the molecule is COc1ccccc1C(C)(O)Cc1ccc(Cl)c(F)c1. The number of halogens is 2. The van der Waals surface area contributed by atoms with Gasteiger partial charge in [0.25, 0.3) is 0 Å². The summed E-state index contributed by atoms with van der Waals surface area (Å²) in [6.07, 6.45) is 0.265. The molecule has 4 heteroatoms. The van der Waals surface area contributed by atoms with E-state index in [0.29, 0.717) is 16.9 Å². The summed E-state index contributed by atoms with van der Waals surface area (Å²) in [5.41, 5.74) is 0.174. The van der Waals surface area contributed by atoms with Crippen LogP contribution in [-0.4, -0.2) is 12.2 Å². The van der Waals surface area contributed by atoms with Crippen LogP contribution in [-0.2, 0) is 12.0 Å². The second-order valence-corrected chi connectivity index (χ2v) is 5.31. The number of aliphatic hydroxyl groups is 1. The molecule has 0 saturated heterocycles. The predicted octanol–water partition coefficient (Wildman–Crippen LogP) is 3.94. The van der Waals surface area contributed by atoms with Crippen LogP contribution < -0.4 is 4.74 Å². The normalized spacial score (nSPS) is 13.8. The Hall–Kier alpha value is -1.58. The first-order chi connectivity index (χ1) is 9.44. The molecule has 1 unspecified atom stereocenters. The minimum absolute atomic E-state index is 0.0747. The zero-order valence-corrected chi connectivity index (χ0v) is 12.1. The average molecular weight is 295 g/mol. The van der Waals surface area contributed by atoms with Gasteiger partial charge in [-0.2, -0.15) is 0 Å². The van der Waals surface area contributed by atoms with Gasteiger partial charge in [-0.25, -0.2) is 4.39 Å². The van der Waals surface area contributed by atoms with Gasteiger partial charge in [0, 0.05) is 12.0 Å². The highest BCUT2D eigenvalue weighted by Crippen LogP contribution is 2.32. The standard InChI is InChI=1S/C16H16ClFO2/c1-16(19,12-5-3-4-6-15(12)20-2)10-11-7-8-13(17)14(18)9-11/h3-9,19H,10H2,1-2H3. The predicted molar refractivity (Wildman–Crippen MR) is 77.7 cm³/mol. The van der Waals surface area contributed by atoms with Crippen LogP contribution in [0.4, 0.5) is 4.39 Å². The van der Waals surface area contributed by atoms with Gasteiger partial charge in [-0.05, 0) is 30.7 Å². The molecule has 2 aromatic rings. The van der Waals surface area contributed by atoms with E-state index >= 15 is 0 Å². The second-order valence-electron chi connectivity index (χ2n) is 4.90. The number of benzene rings is 2. The molecule has 0 heterocycles. The molecule has 0 aliphatic heterocycles. The summed E-state index contributed by atoms with van der Waals surface area (Å²) in [5, 5.41) is 10.8. The van der Waals surface area contributed by atoms with Crippen molar-refractivity contribution in [2.75, 3.05) is 7.11 Å². The maximum atomic E-state index is 13.5. The van der Waals surface area contributed by atoms with Gasteiger partial charge in [0.15, 0.2) is 0 Å². The second kappa shape index (κ2) is 5.81. The lowest BCUT2D eigenvalue weighted by atomic mass is 9.88. The number of para-hydroxylation sites is 1. The Kier molecular flexibility index (Phi) is 4.31. The van der Waals surface area contributed by atoms with Crippen LogP contribution >= 0.6 is 11.6 Å². The molecular formula is C16H16ClFO2. The first-order valence-corrected chi connectivity index (χ1v) is 6.61. The van der Waals surface area contributed by atoms with Crippen LogP contribution in [0, 0.1) is 5.82 Å². The molecule has 2 nitrogen and oxygen atoms in total. The highest BCUT2D eigenvalue weighted by atomic mass is 35.5. The number of ether oxygens (including phenoxy) is 1. The molecule has 20 heavy (non-hydrogen) atoms. The molecule has 1 atom stereocenters. The first-order valence-electron chi connectivity index (χ1n) is 6.24. The summed E-state index contributed by atoms with van der Waals surface area (Å²) in [4.78, 5) is 0. The molecule has 0 aliphatic rings. The molecule has 0 saturated carbocycles. The Bertz CT molecular complexity index is 611. The van der Waals surface area contributed by atoms with Crippen molar-refractivity contribution in [1.29, 1.82) is 0 Å². The highest BCUT2D eigenvalue weighted by Gasteiger charge is 2.27. The first kappa shape index (κ1) is 14.8. The van der Waals surface area contributed by atoms with E-state index in [-0.39, 0.29) is 11.4 Å². The minimum Gasteiger partial charge on any atom is -0.496 e. The summed E-state index contributed by atoms with van der Waals surface area (Å²) in [6, 6.07) is 11.8. The third-order valence-corrected chi connectivity index (χ3v) is 3.53. The van der Waals surface area contributed by atoms with E-state index < -0.39 is 11.4 Å². The van der Waals surface area contributed by atoms with Crippen LogP contribution in [0.25, 0.3) is 0 Å². The van der Waals surface area contributed by atoms with Gasteiger partial charge >= 0.3 is 0 Å². The Morgan fingerprint density at radius 2 is 1.95 bits per heavy atom. The van der Waals surface area contributed by atoms with Crippen LogP contribution in [0.2, 0.25) is 5.02 Å². The lowest BCUT2D eigenvalue weighted by Crippen LogP contribution is -2.25. The van der Waals surface area contributed by atoms with Crippen molar-refractivity contribution < 1.29 is 14.2 Å². The third kappa shape index (κ3) is 3.11. The maximum absolute atomic E-state index is 13.5. The Balaban J connectivity index is 2.32. The van der Waals surface area contributed by atoms with Gasteiger partial charge < -0.3 is 9.84 Å². The van der Waals surface area contributed by atoms with E-state index in [4.69, 9.17) is 16.3 Å². The van der Waals surface area contributed by atoms with E-state index in [0.717, 1.165) is 0 Å². The van der Waals surface area contributed by atoms with Gasteiger partial charge in [-0.15, -0.1) is 0 Å². The Morgan fingerprint density at radius 1 is 1.25 bits per heavy atom. The fourth-order valence-electron chi connectivity index (χ4n) is 2.23. The molecular weight excluding hydrogens is 279 g/mol. The third-order valence-electron chi connectivity index (χ3n) is 3.22. The average Bonchev–Trinajstić information content (AvgIpc) is 2.42. The molecule has 1 N–H and O–H groups in total. The zero-order chi connectivity index (χ0) is 14.8. The fraction of sp³-hybridized carbons (Fsp3) is 0.250. The van der Waals surface area contributed by atoms with Gasteiger partial charge in [0.1, 0.15) is 11.6 Å². The molecule has 0 bridgehead atoms. The molecule has 2 rings (SSSR count). The van der Waals surface area contributed by atoms with Crippen molar-refractivity contribution >= 4 is 11.6 Å². The van der Waals surface area contributed by atoms with Gasteiger partial charge in [0.2, 0.25) is 0 Å². The lowest BCUT2D eigenvalue weighted by Gasteiger charge is -2.26. The van der Waals surface area contributed by atoms with Crippen LogP contribution in [0.3, 0.4) is 0 Å². The van der Waals surface area contributed by atoms with Crippen molar-refractivity contribution in [2.45, 2.75) is 18.9 Å². The maximum Gasteiger partial charge on any atom is 0.142 e. The summed E-state index contributed by atoms with van der Waals surface area (Å²) in [6.45, 7) is 1.68. The molecule has 0 amide bonds. The summed E-state index contributed by atoms with van der Waals surface area (Å²) >= 11 is 5.66. The van der Waals surface area contributed by atoms with Crippen molar-refractivity contribution in [3.8, 4) is 5.75 Å². The monoisotopic (exact) mass is 294 g/mol. The van der Waals surface area contributed by atoms with Gasteiger partial charge in [0.05, 0.1) is 17.7 Å². The van der Waals surface area contributed by atoms with E-state index in [9.17, 15) is 9.50 Å². The Labute approximate surface area is 122 Å². The minimum atomic E-state index is -1.16. The molecule has 0 aromatic heterocycles. The van der Waals surface area contributed by atoms with Crippen molar-refractivity contribution in [3.05, 3.63) is 64.4 Å². The molecule has 0 radical (unpaired) electrons. The molecule has 2 aromatic carbocycles. The fourth-order valence-corrected chi connectivity index (χ4v) is 2.35. The zero-order valence-electron chi connectivity index (χ0n) is 11.4. The number of methoxy groups -OCH3 is 1. The lowest BCUT2D eigenvalue weighted by molar-refractivity contribution is 0.0549. The number of rotatable bonds is 4. The summed E-state index contributed by atoms with van der Waals surface area (Å²) < 4.78 is 18.7. The molecule has 0 spiro atoms. The quantitative estimate of drug-likeness (QED) is 0.925. The topological polar surface area (TPSA) is 29.5 Å². The Morgan fingerprint density at radius 3 is 2.60 bits per heavy atom. The van der Waals surface area contributed by atoms with Crippen molar-refractivity contribution in [3.63, 3.8) is 0 Å². The van der Waals surface area contributed by atoms with Crippen LogP contribution in [0.1, 0.15) is 18.1 Å². The van der Waals surface area contributed by atoms with E-state index in [1.165, 1.54) is 12.1 Å². The molecule has 0 aliphatic carbocycles. The summed E-state index contributed by atoms with van der Waals surface area (Å²) in [5.74, 6) is 0.118. The molecule has 0 fully saturated rings. The van der Waals surface area contributed by atoms with Gasteiger partial charge in [-0.1, -0.05) is 35.9 Å². The van der Waals surface area contributed by atoms with Crippen LogP contribution in [0.15, 0.2) is 42.5 Å². The van der Waals surface area contributed by atoms with E-state index in [1.807, 2.05) is 12.1 Å². The van der Waals surface area contributed by atoms with Gasteiger partial charge in [-0.3, -0.25) is 0 Å². The van der Waals surface area contributed by atoms with Crippen molar-refractivity contribution in [1.82, 2.24) is 0 Å². The highest BCUT2D eigenvalue weighted by molar-refractivity contribution is 6.30. The van der Waals surface area contributed by atoms with Crippen LogP contribution in [0.5, 0.6) is 5.75 Å². The number of hydrogen-bond donors (Lipinski definition) is 1. The van der Waals surface area contributed by atoms with Crippen molar-refractivity contribution in [2.24, 2.45) is 0 Å². The smallest absolute Gasteiger partial charge is 0.142 e. The number of hydrogen-bond acceptors (Lipinski definition) is 2.